The lowest BCUT2D eigenvalue weighted by molar-refractivity contribution is -0.145. The van der Waals surface area contributed by atoms with Crippen molar-refractivity contribution in [1.29, 1.82) is 0 Å². The van der Waals surface area contributed by atoms with Crippen LogP contribution in [0.1, 0.15) is 19.3 Å². The normalized spacial score (nSPS) is 15.2. The Labute approximate surface area is 94.7 Å². The summed E-state index contributed by atoms with van der Waals surface area (Å²) in [5.41, 5.74) is 0. The number of hydrogen-bond acceptors (Lipinski definition) is 4. The molecule has 16 heavy (non-hydrogen) atoms. The molecule has 0 saturated carbocycles. The Kier molecular flexibility index (Phi) is 5.20. The largest absolute Gasteiger partial charge is 0.464 e. The Balaban J connectivity index is 2.18. The van der Waals surface area contributed by atoms with Gasteiger partial charge in [0.05, 0.1) is 13.2 Å². The number of rotatable bonds is 5. The lowest BCUT2D eigenvalue weighted by Gasteiger charge is -2.25. The number of nitrogens with zero attached hydrogens (tertiary/aromatic N) is 1. The van der Waals surface area contributed by atoms with E-state index in [-0.39, 0.29) is 6.54 Å². The standard InChI is InChI=1S/C11H15NO4/c1-2-3-4-7-15-10(13)9-12-6-5-8-16-11(12)14/h1H,3-9H2. The summed E-state index contributed by atoms with van der Waals surface area (Å²) in [5, 5.41) is 0. The zero-order chi connectivity index (χ0) is 11.8. The molecule has 1 saturated heterocycles. The van der Waals surface area contributed by atoms with Gasteiger partial charge >= 0.3 is 12.1 Å². The summed E-state index contributed by atoms with van der Waals surface area (Å²) in [5.74, 6) is 2.03. The van der Waals surface area contributed by atoms with Gasteiger partial charge in [0.2, 0.25) is 0 Å². The molecule has 88 valence electrons. The number of esters is 1. The van der Waals surface area contributed by atoms with Crippen LogP contribution in [-0.4, -0.2) is 43.3 Å². The molecule has 1 fully saturated rings. The van der Waals surface area contributed by atoms with E-state index >= 15 is 0 Å². The number of carbonyl (C=O) groups excluding carboxylic acids is 2. The molecule has 1 rings (SSSR count). The van der Waals surface area contributed by atoms with E-state index in [4.69, 9.17) is 15.9 Å². The lowest BCUT2D eigenvalue weighted by atomic mass is 10.3. The molecule has 1 heterocycles. The average molecular weight is 225 g/mol. The van der Waals surface area contributed by atoms with Crippen molar-refractivity contribution in [2.45, 2.75) is 19.3 Å². The van der Waals surface area contributed by atoms with Crippen molar-refractivity contribution in [2.75, 3.05) is 26.3 Å². The summed E-state index contributed by atoms with van der Waals surface area (Å²) in [4.78, 5) is 23.8. The van der Waals surface area contributed by atoms with Gasteiger partial charge in [0.1, 0.15) is 6.54 Å². The first-order chi connectivity index (χ1) is 7.74. The minimum absolute atomic E-state index is 0.0467. The van der Waals surface area contributed by atoms with Gasteiger partial charge in [-0.15, -0.1) is 12.3 Å². The monoisotopic (exact) mass is 225 g/mol. The number of ether oxygens (including phenoxy) is 2. The summed E-state index contributed by atoms with van der Waals surface area (Å²) in [6, 6.07) is 0. The van der Waals surface area contributed by atoms with E-state index in [1.807, 2.05) is 0 Å². The highest BCUT2D eigenvalue weighted by molar-refractivity contribution is 5.78. The molecule has 5 heteroatoms. The maximum Gasteiger partial charge on any atom is 0.410 e. The summed E-state index contributed by atoms with van der Waals surface area (Å²) >= 11 is 0. The van der Waals surface area contributed by atoms with Crippen molar-refractivity contribution in [2.24, 2.45) is 0 Å². The van der Waals surface area contributed by atoms with Gasteiger partial charge in [-0.05, 0) is 12.8 Å². The van der Waals surface area contributed by atoms with Gasteiger partial charge in [0.25, 0.3) is 0 Å². The second-order valence-electron chi connectivity index (χ2n) is 3.42. The quantitative estimate of drug-likeness (QED) is 0.394. The smallest absolute Gasteiger partial charge is 0.410 e. The second-order valence-corrected chi connectivity index (χ2v) is 3.42. The zero-order valence-electron chi connectivity index (χ0n) is 9.11. The fourth-order valence-corrected chi connectivity index (χ4v) is 1.30. The Morgan fingerprint density at radius 3 is 3.12 bits per heavy atom. The SMILES string of the molecule is C#CCCCOC(=O)CN1CCCOC1=O. The van der Waals surface area contributed by atoms with Crippen LogP contribution in [0.25, 0.3) is 0 Å². The molecule has 0 aromatic rings. The van der Waals surface area contributed by atoms with Gasteiger partial charge in [-0.1, -0.05) is 0 Å². The molecule has 0 unspecified atom stereocenters. The molecule has 0 aromatic heterocycles. The minimum atomic E-state index is -0.452. The van der Waals surface area contributed by atoms with Crippen LogP contribution >= 0.6 is 0 Å². The van der Waals surface area contributed by atoms with Crippen LogP contribution in [0, 0.1) is 12.3 Å². The van der Waals surface area contributed by atoms with Crippen molar-refractivity contribution >= 4 is 12.1 Å². The van der Waals surface area contributed by atoms with Gasteiger partial charge < -0.3 is 9.47 Å². The number of amides is 1. The summed E-state index contributed by atoms with van der Waals surface area (Å²) in [7, 11) is 0. The minimum Gasteiger partial charge on any atom is -0.464 e. The van der Waals surface area contributed by atoms with Crippen LogP contribution in [-0.2, 0) is 14.3 Å². The van der Waals surface area contributed by atoms with Crippen LogP contribution in [0.4, 0.5) is 4.79 Å². The van der Waals surface area contributed by atoms with Gasteiger partial charge in [-0.2, -0.15) is 0 Å². The van der Waals surface area contributed by atoms with Crippen molar-refractivity contribution in [1.82, 2.24) is 4.90 Å². The molecule has 0 radical (unpaired) electrons. The number of cyclic esters (lactones) is 1. The number of carbonyl (C=O) groups is 2. The van der Waals surface area contributed by atoms with Crippen molar-refractivity contribution in [3.8, 4) is 12.3 Å². The zero-order valence-corrected chi connectivity index (χ0v) is 9.11. The van der Waals surface area contributed by atoms with E-state index in [2.05, 4.69) is 5.92 Å². The van der Waals surface area contributed by atoms with Crippen molar-refractivity contribution in [3.05, 3.63) is 0 Å². The van der Waals surface area contributed by atoms with Crippen LogP contribution in [0.15, 0.2) is 0 Å². The predicted molar refractivity (Wildman–Crippen MR) is 56.6 cm³/mol. The number of unbranched alkanes of at least 4 members (excludes halogenated alkanes) is 1. The van der Waals surface area contributed by atoms with Gasteiger partial charge in [-0.3, -0.25) is 9.69 Å². The predicted octanol–water partition coefficient (Wildman–Crippen LogP) is 0.785. The summed E-state index contributed by atoms with van der Waals surface area (Å²) < 4.78 is 9.70. The Morgan fingerprint density at radius 1 is 1.62 bits per heavy atom. The first-order valence-corrected chi connectivity index (χ1v) is 5.25. The van der Waals surface area contributed by atoms with Crippen molar-refractivity contribution < 1.29 is 19.1 Å². The third-order valence-electron chi connectivity index (χ3n) is 2.10. The van der Waals surface area contributed by atoms with E-state index < -0.39 is 12.1 Å². The van der Waals surface area contributed by atoms with Crippen LogP contribution in [0.2, 0.25) is 0 Å². The molecule has 0 N–H and O–H groups in total. The maximum absolute atomic E-state index is 11.3. The highest BCUT2D eigenvalue weighted by Crippen LogP contribution is 2.04. The highest BCUT2D eigenvalue weighted by Gasteiger charge is 2.22. The summed E-state index contributed by atoms with van der Waals surface area (Å²) in [6.45, 7) is 1.21. The van der Waals surface area contributed by atoms with Crippen LogP contribution < -0.4 is 0 Å². The van der Waals surface area contributed by atoms with E-state index in [0.29, 0.717) is 32.6 Å². The molecule has 0 aliphatic carbocycles. The molecule has 0 bridgehead atoms. The fraction of sp³-hybridized carbons (Fsp3) is 0.636. The second kappa shape index (κ2) is 6.72. The molecular formula is C11H15NO4. The molecule has 0 spiro atoms. The first kappa shape index (κ1) is 12.4. The van der Waals surface area contributed by atoms with Gasteiger partial charge in [0, 0.05) is 13.0 Å². The van der Waals surface area contributed by atoms with Crippen LogP contribution in [0.3, 0.4) is 0 Å². The van der Waals surface area contributed by atoms with E-state index in [1.165, 1.54) is 4.90 Å². The van der Waals surface area contributed by atoms with Gasteiger partial charge in [-0.25, -0.2) is 4.79 Å². The fourth-order valence-electron chi connectivity index (χ4n) is 1.30. The number of hydrogen-bond donors (Lipinski definition) is 0. The molecule has 0 atom stereocenters. The van der Waals surface area contributed by atoms with Crippen molar-refractivity contribution in [3.63, 3.8) is 0 Å². The Hall–Kier alpha value is -1.70. The third kappa shape index (κ3) is 4.22. The molecular weight excluding hydrogens is 210 g/mol. The van der Waals surface area contributed by atoms with Gasteiger partial charge in [0.15, 0.2) is 0 Å². The number of terminal acetylenes is 1. The average Bonchev–Trinajstić information content (AvgIpc) is 2.28. The first-order valence-electron chi connectivity index (χ1n) is 5.25. The molecule has 1 aliphatic rings. The lowest BCUT2D eigenvalue weighted by Crippen LogP contribution is -2.41. The van der Waals surface area contributed by atoms with E-state index in [9.17, 15) is 9.59 Å². The Bertz CT molecular complexity index is 295. The topological polar surface area (TPSA) is 55.8 Å². The molecule has 0 aromatic carbocycles. The van der Waals surface area contributed by atoms with Crippen LogP contribution in [0.5, 0.6) is 0 Å². The molecule has 5 nitrogen and oxygen atoms in total. The molecule has 1 amide bonds. The molecule has 1 aliphatic heterocycles. The third-order valence-corrected chi connectivity index (χ3v) is 2.10. The van der Waals surface area contributed by atoms with E-state index in [1.54, 1.807) is 0 Å². The Morgan fingerprint density at radius 2 is 2.44 bits per heavy atom. The highest BCUT2D eigenvalue weighted by atomic mass is 16.6. The van der Waals surface area contributed by atoms with E-state index in [0.717, 1.165) is 6.42 Å². The summed E-state index contributed by atoms with van der Waals surface area (Å²) in [6.07, 6.45) is 6.58. The maximum atomic E-state index is 11.3.